The Bertz CT molecular complexity index is 895. The molecule has 0 atom stereocenters. The lowest BCUT2D eigenvalue weighted by molar-refractivity contribution is 0.122. The highest BCUT2D eigenvalue weighted by Gasteiger charge is 2.24. The van der Waals surface area contributed by atoms with Gasteiger partial charge in [0.15, 0.2) is 0 Å². The Morgan fingerprint density at radius 3 is 2.35 bits per heavy atom. The van der Waals surface area contributed by atoms with Crippen molar-refractivity contribution in [3.63, 3.8) is 0 Å². The number of nitrogens with one attached hydrogen (secondary N) is 1. The number of hydrogen-bond acceptors (Lipinski definition) is 7. The molecule has 2 saturated heterocycles. The fourth-order valence-electron chi connectivity index (χ4n) is 3.84. The number of rotatable bonds is 5. The number of para-hydroxylation sites is 2. The Morgan fingerprint density at radius 1 is 1.03 bits per heavy atom. The number of aryl methyl sites for hydroxylation is 1. The quantitative estimate of drug-likeness (QED) is 0.786. The van der Waals surface area contributed by atoms with E-state index in [9.17, 15) is 4.79 Å². The van der Waals surface area contributed by atoms with E-state index in [1.165, 1.54) is 0 Å². The maximum atomic E-state index is 12.8. The van der Waals surface area contributed by atoms with E-state index in [0.717, 1.165) is 56.9 Å². The molecule has 2 aromatic rings. The molecule has 166 valence electrons. The molecule has 31 heavy (non-hydrogen) atoms. The van der Waals surface area contributed by atoms with Gasteiger partial charge in [-0.25, -0.2) is 14.8 Å². The van der Waals surface area contributed by atoms with E-state index < -0.39 is 0 Å². The lowest BCUT2D eigenvalue weighted by Crippen LogP contribution is -2.50. The minimum absolute atomic E-state index is 0.111. The summed E-state index contributed by atoms with van der Waals surface area (Å²) in [5.74, 6) is 3.30. The molecule has 0 spiro atoms. The third-order valence-electron chi connectivity index (χ3n) is 5.47. The zero-order chi connectivity index (χ0) is 21.6. The summed E-state index contributed by atoms with van der Waals surface area (Å²) in [5.41, 5.74) is 0.693. The smallest absolute Gasteiger partial charge is 0.322 e. The molecule has 0 bridgehead atoms. The summed E-state index contributed by atoms with van der Waals surface area (Å²) < 4.78 is 11.1. The van der Waals surface area contributed by atoms with Gasteiger partial charge >= 0.3 is 6.03 Å². The van der Waals surface area contributed by atoms with Gasteiger partial charge < -0.3 is 29.5 Å². The molecule has 4 rings (SSSR count). The first kappa shape index (κ1) is 21.2. The Balaban J connectivity index is 1.37. The van der Waals surface area contributed by atoms with Crippen LogP contribution >= 0.6 is 0 Å². The highest BCUT2D eigenvalue weighted by atomic mass is 16.5. The molecule has 1 aromatic carbocycles. The van der Waals surface area contributed by atoms with Crippen LogP contribution in [0.4, 0.5) is 22.1 Å². The maximum Gasteiger partial charge on any atom is 0.322 e. The molecule has 3 heterocycles. The van der Waals surface area contributed by atoms with Gasteiger partial charge in [0.05, 0.1) is 25.5 Å². The number of aromatic nitrogens is 2. The summed E-state index contributed by atoms with van der Waals surface area (Å²) in [6, 6.07) is 9.44. The number of morpholine rings is 1. The van der Waals surface area contributed by atoms with Gasteiger partial charge in [-0.1, -0.05) is 12.1 Å². The highest BCUT2D eigenvalue weighted by molar-refractivity contribution is 5.91. The number of piperazine rings is 1. The summed E-state index contributed by atoms with van der Waals surface area (Å²) in [4.78, 5) is 28.3. The SMILES string of the molecule is CCOc1ccccc1NC(=O)N1CCN(c2cc(N3CCOCC3)nc(C)n2)CC1. The van der Waals surface area contributed by atoms with Gasteiger partial charge in [-0.3, -0.25) is 0 Å². The summed E-state index contributed by atoms with van der Waals surface area (Å²) >= 11 is 0. The minimum Gasteiger partial charge on any atom is -0.492 e. The van der Waals surface area contributed by atoms with Crippen molar-refractivity contribution in [3.8, 4) is 5.75 Å². The number of hydrogen-bond donors (Lipinski definition) is 1. The van der Waals surface area contributed by atoms with Crippen molar-refractivity contribution in [1.82, 2.24) is 14.9 Å². The molecule has 9 nitrogen and oxygen atoms in total. The van der Waals surface area contributed by atoms with Gasteiger partial charge in [-0.2, -0.15) is 0 Å². The number of anilines is 3. The number of carbonyl (C=O) groups excluding carboxylic acids is 1. The Labute approximate surface area is 183 Å². The average molecular weight is 427 g/mol. The molecule has 2 amide bonds. The maximum absolute atomic E-state index is 12.8. The molecule has 1 N–H and O–H groups in total. The topological polar surface area (TPSA) is 83.1 Å². The molecule has 0 radical (unpaired) electrons. The van der Waals surface area contributed by atoms with Crippen LogP contribution in [0.3, 0.4) is 0 Å². The predicted octanol–water partition coefficient (Wildman–Crippen LogP) is 2.37. The number of ether oxygens (including phenoxy) is 2. The van der Waals surface area contributed by atoms with Gasteiger partial charge in [0.25, 0.3) is 0 Å². The van der Waals surface area contributed by atoms with Crippen LogP contribution in [0.1, 0.15) is 12.7 Å². The summed E-state index contributed by atoms with van der Waals surface area (Å²) in [7, 11) is 0. The molecule has 2 fully saturated rings. The summed E-state index contributed by atoms with van der Waals surface area (Å²) in [6.07, 6.45) is 0. The fourth-order valence-corrected chi connectivity index (χ4v) is 3.84. The van der Waals surface area contributed by atoms with Crippen molar-refractivity contribution in [2.75, 3.05) is 74.2 Å². The van der Waals surface area contributed by atoms with Crippen molar-refractivity contribution in [2.24, 2.45) is 0 Å². The van der Waals surface area contributed by atoms with E-state index >= 15 is 0 Å². The van der Waals surface area contributed by atoms with Gasteiger partial charge in [0.1, 0.15) is 23.2 Å². The fraction of sp³-hybridized carbons (Fsp3) is 0.500. The van der Waals surface area contributed by atoms with Crippen LogP contribution < -0.4 is 19.9 Å². The van der Waals surface area contributed by atoms with Gasteiger partial charge in [0, 0.05) is 45.3 Å². The van der Waals surface area contributed by atoms with Crippen LogP contribution in [0.5, 0.6) is 5.75 Å². The van der Waals surface area contributed by atoms with Crippen LogP contribution in [-0.2, 0) is 4.74 Å². The molecule has 1 aromatic heterocycles. The monoisotopic (exact) mass is 426 g/mol. The number of nitrogens with zero attached hydrogens (tertiary/aromatic N) is 5. The normalized spacial score (nSPS) is 16.9. The lowest BCUT2D eigenvalue weighted by Gasteiger charge is -2.36. The molecule has 0 aliphatic carbocycles. The molecular weight excluding hydrogens is 396 g/mol. The van der Waals surface area contributed by atoms with E-state index in [1.807, 2.05) is 49.1 Å². The van der Waals surface area contributed by atoms with Crippen LogP contribution in [0.2, 0.25) is 0 Å². The number of urea groups is 1. The number of amides is 2. The van der Waals surface area contributed by atoms with E-state index in [1.54, 1.807) is 0 Å². The summed E-state index contributed by atoms with van der Waals surface area (Å²) in [5, 5.41) is 2.98. The second-order valence-corrected chi connectivity index (χ2v) is 7.56. The molecule has 0 unspecified atom stereocenters. The Kier molecular flexibility index (Phi) is 6.71. The van der Waals surface area contributed by atoms with Crippen molar-refractivity contribution >= 4 is 23.4 Å². The van der Waals surface area contributed by atoms with Crippen LogP contribution in [0.25, 0.3) is 0 Å². The van der Waals surface area contributed by atoms with Crippen molar-refractivity contribution < 1.29 is 14.3 Å². The first-order valence-electron chi connectivity index (χ1n) is 10.8. The molecular formula is C22H30N6O3. The van der Waals surface area contributed by atoms with E-state index in [4.69, 9.17) is 9.47 Å². The molecule has 9 heteroatoms. The lowest BCUT2D eigenvalue weighted by atomic mass is 10.3. The predicted molar refractivity (Wildman–Crippen MR) is 120 cm³/mol. The van der Waals surface area contributed by atoms with E-state index in [-0.39, 0.29) is 6.03 Å². The van der Waals surface area contributed by atoms with Crippen molar-refractivity contribution in [2.45, 2.75) is 13.8 Å². The Hall–Kier alpha value is -3.07. The standard InChI is InChI=1S/C22H30N6O3/c1-3-31-19-7-5-4-6-18(19)25-22(29)28-10-8-26(9-11-28)20-16-21(24-17(2)23-20)27-12-14-30-15-13-27/h4-7,16H,3,8-15H2,1-2H3,(H,25,29). The molecule has 2 aliphatic heterocycles. The van der Waals surface area contributed by atoms with Gasteiger partial charge in [-0.15, -0.1) is 0 Å². The third-order valence-corrected chi connectivity index (χ3v) is 5.47. The average Bonchev–Trinajstić information content (AvgIpc) is 2.81. The van der Waals surface area contributed by atoms with Crippen LogP contribution in [-0.4, -0.2) is 80.0 Å². The third kappa shape index (κ3) is 5.16. The van der Waals surface area contributed by atoms with Gasteiger partial charge in [-0.05, 0) is 26.0 Å². The number of carbonyl (C=O) groups is 1. The first-order chi connectivity index (χ1) is 15.1. The largest absolute Gasteiger partial charge is 0.492 e. The minimum atomic E-state index is -0.111. The second kappa shape index (κ2) is 9.82. The highest BCUT2D eigenvalue weighted by Crippen LogP contribution is 2.25. The second-order valence-electron chi connectivity index (χ2n) is 7.56. The van der Waals surface area contributed by atoms with Gasteiger partial charge in [0.2, 0.25) is 0 Å². The van der Waals surface area contributed by atoms with Crippen molar-refractivity contribution in [3.05, 3.63) is 36.2 Å². The zero-order valence-electron chi connectivity index (χ0n) is 18.2. The summed E-state index contributed by atoms with van der Waals surface area (Å²) in [6.45, 7) is 10.2. The first-order valence-corrected chi connectivity index (χ1v) is 10.8. The van der Waals surface area contributed by atoms with Crippen LogP contribution in [0, 0.1) is 6.92 Å². The molecule has 0 saturated carbocycles. The molecule has 2 aliphatic rings. The van der Waals surface area contributed by atoms with Crippen molar-refractivity contribution in [1.29, 1.82) is 0 Å². The van der Waals surface area contributed by atoms with E-state index in [2.05, 4.69) is 25.1 Å². The zero-order valence-corrected chi connectivity index (χ0v) is 18.2. The van der Waals surface area contributed by atoms with E-state index in [0.29, 0.717) is 31.1 Å². The Morgan fingerprint density at radius 2 is 1.68 bits per heavy atom. The van der Waals surface area contributed by atoms with Crippen LogP contribution in [0.15, 0.2) is 30.3 Å². The number of benzene rings is 1.